The van der Waals surface area contributed by atoms with Gasteiger partial charge in [-0.15, -0.1) is 0 Å². The number of aromatic hydroxyl groups is 8. The van der Waals surface area contributed by atoms with E-state index in [4.69, 9.17) is 4.74 Å². The molecule has 0 saturated heterocycles. The van der Waals surface area contributed by atoms with Crippen LogP contribution in [0, 0.1) is 0 Å². The van der Waals surface area contributed by atoms with Gasteiger partial charge in [0.25, 0.3) is 0 Å². The van der Waals surface area contributed by atoms with E-state index in [0.29, 0.717) is 22.4 Å². The molecule has 0 saturated carbocycles. The zero-order valence-corrected chi connectivity index (χ0v) is 30.1. The van der Waals surface area contributed by atoms with E-state index >= 15 is 0 Å². The number of hydrogen-bond donors (Lipinski definition) is 8. The molecule has 8 rings (SSSR count). The summed E-state index contributed by atoms with van der Waals surface area (Å²) < 4.78 is 6.09. The predicted molar refractivity (Wildman–Crippen MR) is 221 cm³/mol. The van der Waals surface area contributed by atoms with Crippen molar-refractivity contribution in [1.29, 1.82) is 0 Å². The standard InChI is InChI=1S/C47H36O9/c1-4-8-27-20-30(16-11-24(27)5-2)25-12-14-26(15-13-25)34-36-38(42(50)46(54)44(52)40(36)48)35(39-37(34)41(49)45(53)47(55)43(39)51)31-17-18-56-33-22-29-10-7-6-9-28(29)21-32(33)23(3)19-31/h4-6,8-9,11-22,48-55H,2-3,7,10H2,1H3/b8-4-,18-17-,31-19+. The number of aryl methyl sites for hydroxylation is 1. The number of phenols is 8. The van der Waals surface area contributed by atoms with Crippen LogP contribution in [0.25, 0.3) is 73.2 Å². The van der Waals surface area contributed by atoms with Gasteiger partial charge in [0.2, 0.25) is 23.0 Å². The third-order valence-electron chi connectivity index (χ3n) is 10.5. The van der Waals surface area contributed by atoms with Crippen molar-refractivity contribution in [2.75, 3.05) is 0 Å². The molecule has 0 fully saturated rings. The summed E-state index contributed by atoms with van der Waals surface area (Å²) in [5.74, 6) is -7.16. The molecule has 56 heavy (non-hydrogen) atoms. The molecule has 278 valence electrons. The van der Waals surface area contributed by atoms with Crippen LogP contribution in [0.15, 0.2) is 98.3 Å². The van der Waals surface area contributed by atoms with E-state index in [9.17, 15) is 40.9 Å². The van der Waals surface area contributed by atoms with Gasteiger partial charge in [0.05, 0.1) is 6.26 Å². The molecule has 0 aromatic heterocycles. The van der Waals surface area contributed by atoms with Gasteiger partial charge in [0.15, 0.2) is 23.0 Å². The van der Waals surface area contributed by atoms with Crippen LogP contribution in [0.1, 0.15) is 46.7 Å². The molecule has 1 aliphatic carbocycles. The van der Waals surface area contributed by atoms with Gasteiger partial charge in [0, 0.05) is 38.2 Å². The van der Waals surface area contributed by atoms with Crippen LogP contribution in [0.4, 0.5) is 0 Å². The highest BCUT2D eigenvalue weighted by Gasteiger charge is 2.33. The average molecular weight is 745 g/mol. The number of rotatable bonds is 5. The Labute approximate surface area is 321 Å². The Morgan fingerprint density at radius 3 is 1.79 bits per heavy atom. The maximum absolute atomic E-state index is 11.7. The molecular formula is C47H36O9. The summed E-state index contributed by atoms with van der Waals surface area (Å²) in [7, 11) is 0. The smallest absolute Gasteiger partial charge is 0.204 e. The second-order valence-corrected chi connectivity index (χ2v) is 13.7. The highest BCUT2D eigenvalue weighted by Crippen LogP contribution is 2.61. The lowest BCUT2D eigenvalue weighted by Gasteiger charge is -2.24. The fraction of sp³-hybridized carbons (Fsp3) is 0.0638. The molecule has 0 atom stereocenters. The summed E-state index contributed by atoms with van der Waals surface area (Å²) in [6.45, 7) is 10.1. The normalized spacial score (nSPS) is 15.2. The van der Waals surface area contributed by atoms with Crippen LogP contribution >= 0.6 is 0 Å². The topological polar surface area (TPSA) is 171 Å². The van der Waals surface area contributed by atoms with E-state index < -0.39 is 46.0 Å². The molecule has 0 unspecified atom stereocenters. The highest BCUT2D eigenvalue weighted by molar-refractivity contribution is 6.27. The van der Waals surface area contributed by atoms with Gasteiger partial charge in [-0.3, -0.25) is 0 Å². The lowest BCUT2D eigenvalue weighted by atomic mass is 9.82. The van der Waals surface area contributed by atoms with Crippen molar-refractivity contribution in [3.8, 4) is 74.0 Å². The first kappa shape index (κ1) is 35.5. The van der Waals surface area contributed by atoms with Gasteiger partial charge in [0.1, 0.15) is 5.75 Å². The first-order valence-corrected chi connectivity index (χ1v) is 17.8. The molecule has 0 radical (unpaired) electrons. The average Bonchev–Trinajstić information content (AvgIpc) is 3.21. The largest absolute Gasteiger partial charge is 0.504 e. The first-order valence-electron chi connectivity index (χ1n) is 17.8. The number of allylic oxidation sites excluding steroid dienone is 6. The monoisotopic (exact) mass is 744 g/mol. The summed E-state index contributed by atoms with van der Waals surface area (Å²) in [6.07, 6.45) is 16.0. The minimum Gasteiger partial charge on any atom is -0.504 e. The van der Waals surface area contributed by atoms with E-state index in [2.05, 4.69) is 19.2 Å². The number of benzene rings is 6. The number of phenolic OH excluding ortho intramolecular Hbond substituents is 8. The first-order chi connectivity index (χ1) is 26.9. The van der Waals surface area contributed by atoms with Crippen molar-refractivity contribution in [2.45, 2.75) is 19.8 Å². The summed E-state index contributed by atoms with van der Waals surface area (Å²) in [4.78, 5) is 0. The Morgan fingerprint density at radius 2 is 1.20 bits per heavy atom. The SMILES string of the molecule is C=Cc1ccc(-c2ccc(-c3c4c(O)c(O)c(O)c(O)c4c(C4=C/C(=C)c5cc6c(cc5O/C=C\4)CCC=C6)c4c(O)c(O)c(O)c(O)c34)cc2)cc1/C=C\C. The number of hydrogen-bond acceptors (Lipinski definition) is 9. The molecule has 0 amide bonds. The van der Waals surface area contributed by atoms with E-state index in [0.717, 1.165) is 46.2 Å². The third-order valence-corrected chi connectivity index (χ3v) is 10.5. The number of fused-ring (bicyclic) bond motifs is 4. The molecule has 0 spiro atoms. The van der Waals surface area contributed by atoms with Crippen molar-refractivity contribution in [3.63, 3.8) is 0 Å². The fourth-order valence-corrected chi connectivity index (χ4v) is 7.75. The van der Waals surface area contributed by atoms with Gasteiger partial charge in [-0.25, -0.2) is 0 Å². The highest BCUT2D eigenvalue weighted by atomic mass is 16.5. The van der Waals surface area contributed by atoms with Gasteiger partial charge in [-0.05, 0) is 100 Å². The summed E-state index contributed by atoms with van der Waals surface area (Å²) >= 11 is 0. The van der Waals surface area contributed by atoms with Crippen LogP contribution in [-0.4, -0.2) is 40.9 Å². The van der Waals surface area contributed by atoms with Crippen LogP contribution in [0.5, 0.6) is 51.7 Å². The molecule has 1 aliphatic heterocycles. The predicted octanol–water partition coefficient (Wildman–Crippen LogP) is 10.6. The molecule has 8 N–H and O–H groups in total. The molecule has 1 heterocycles. The minimum atomic E-state index is -1.06. The Balaban J connectivity index is 1.45. The van der Waals surface area contributed by atoms with Gasteiger partial charge < -0.3 is 45.6 Å². The molecule has 9 heteroatoms. The number of ether oxygens (including phenoxy) is 1. The second kappa shape index (κ2) is 13.4. The van der Waals surface area contributed by atoms with Crippen molar-refractivity contribution < 1.29 is 45.6 Å². The van der Waals surface area contributed by atoms with Crippen molar-refractivity contribution in [2.24, 2.45) is 0 Å². The zero-order chi connectivity index (χ0) is 39.6. The summed E-state index contributed by atoms with van der Waals surface area (Å²) in [5, 5.41) is 89.4. The molecular weight excluding hydrogens is 709 g/mol. The van der Waals surface area contributed by atoms with Crippen molar-refractivity contribution >= 4 is 50.9 Å². The second-order valence-electron chi connectivity index (χ2n) is 13.7. The van der Waals surface area contributed by atoms with Gasteiger partial charge in [-0.1, -0.05) is 79.9 Å². The summed E-state index contributed by atoms with van der Waals surface area (Å²) in [5.41, 5.74) is 7.06. The quantitative estimate of drug-likeness (QED) is 0.0486. The molecule has 2 aliphatic rings. The van der Waals surface area contributed by atoms with E-state index in [1.165, 1.54) is 12.3 Å². The Bertz CT molecular complexity index is 2760. The summed E-state index contributed by atoms with van der Waals surface area (Å²) in [6, 6.07) is 16.7. The Hall–Kier alpha value is -7.52. The van der Waals surface area contributed by atoms with Crippen LogP contribution < -0.4 is 4.74 Å². The Kier molecular flexibility index (Phi) is 8.50. The fourth-order valence-electron chi connectivity index (χ4n) is 7.75. The zero-order valence-electron chi connectivity index (χ0n) is 30.1. The lowest BCUT2D eigenvalue weighted by Crippen LogP contribution is -2.01. The lowest BCUT2D eigenvalue weighted by molar-refractivity contribution is 0.350. The van der Waals surface area contributed by atoms with Gasteiger partial charge >= 0.3 is 0 Å². The molecule has 6 aromatic rings. The van der Waals surface area contributed by atoms with Crippen LogP contribution in [-0.2, 0) is 6.42 Å². The van der Waals surface area contributed by atoms with Crippen LogP contribution in [0.3, 0.4) is 0 Å². The van der Waals surface area contributed by atoms with Gasteiger partial charge in [-0.2, -0.15) is 0 Å². The molecule has 0 bridgehead atoms. The maximum Gasteiger partial charge on any atom is 0.204 e. The van der Waals surface area contributed by atoms with E-state index in [1.807, 2.05) is 55.5 Å². The Morgan fingerprint density at radius 1 is 0.625 bits per heavy atom. The third kappa shape index (κ3) is 5.40. The van der Waals surface area contributed by atoms with E-state index in [-0.39, 0.29) is 38.2 Å². The molecule has 9 nitrogen and oxygen atoms in total. The maximum atomic E-state index is 11.7. The molecule has 6 aromatic carbocycles. The van der Waals surface area contributed by atoms with Crippen LogP contribution in [0.2, 0.25) is 0 Å². The van der Waals surface area contributed by atoms with Crippen molar-refractivity contribution in [1.82, 2.24) is 0 Å². The van der Waals surface area contributed by atoms with E-state index in [1.54, 1.807) is 36.4 Å². The minimum absolute atomic E-state index is 0.0534. The van der Waals surface area contributed by atoms with Crippen molar-refractivity contribution in [3.05, 3.63) is 132 Å².